The molecule has 0 bridgehead atoms. The van der Waals surface area contributed by atoms with Gasteiger partial charge in [0.1, 0.15) is 0 Å². The highest BCUT2D eigenvalue weighted by Crippen LogP contribution is 2.27. The zero-order valence-corrected chi connectivity index (χ0v) is 12.8. The van der Waals surface area contributed by atoms with Gasteiger partial charge < -0.3 is 10.2 Å². The van der Waals surface area contributed by atoms with Gasteiger partial charge in [-0.25, -0.2) is 4.79 Å². The molecule has 2 fully saturated rings. The molecule has 0 aromatic heterocycles. The van der Waals surface area contributed by atoms with Crippen molar-refractivity contribution in [3.63, 3.8) is 0 Å². The molecule has 0 unspecified atom stereocenters. The van der Waals surface area contributed by atoms with Crippen molar-refractivity contribution in [2.45, 2.75) is 65.3 Å². The summed E-state index contributed by atoms with van der Waals surface area (Å²) in [6, 6.07) is 0.598. The smallest absolute Gasteiger partial charge is 0.317 e. The number of likely N-dealkylation sites (tertiary alicyclic amines) is 1. The van der Waals surface area contributed by atoms with Gasteiger partial charge in [-0.2, -0.15) is 0 Å². The lowest BCUT2D eigenvalue weighted by Crippen LogP contribution is -2.50. The van der Waals surface area contributed by atoms with Crippen LogP contribution in [0.2, 0.25) is 0 Å². The van der Waals surface area contributed by atoms with E-state index in [1.54, 1.807) is 0 Å². The lowest BCUT2D eigenvalue weighted by Gasteiger charge is -2.37. The van der Waals surface area contributed by atoms with Gasteiger partial charge in [0.15, 0.2) is 0 Å². The summed E-state index contributed by atoms with van der Waals surface area (Å²) in [7, 11) is 0. The van der Waals surface area contributed by atoms with Gasteiger partial charge in [-0.1, -0.05) is 27.2 Å². The summed E-state index contributed by atoms with van der Waals surface area (Å²) in [6.07, 6.45) is 7.46. The quantitative estimate of drug-likeness (QED) is 0.813. The highest BCUT2D eigenvalue weighted by atomic mass is 16.2. The van der Waals surface area contributed by atoms with Gasteiger partial charge in [0.05, 0.1) is 0 Å². The first-order chi connectivity index (χ1) is 9.08. The zero-order chi connectivity index (χ0) is 13.8. The number of amides is 2. The van der Waals surface area contributed by atoms with Gasteiger partial charge in [-0.3, -0.25) is 0 Å². The normalized spacial score (nSPS) is 36.1. The molecule has 0 aromatic carbocycles. The van der Waals surface area contributed by atoms with E-state index in [0.29, 0.717) is 17.9 Å². The molecule has 3 nitrogen and oxygen atoms in total. The molecule has 110 valence electrons. The number of nitrogens with one attached hydrogen (secondary N) is 1. The van der Waals surface area contributed by atoms with E-state index in [2.05, 4.69) is 26.1 Å². The van der Waals surface area contributed by atoms with Gasteiger partial charge >= 0.3 is 6.03 Å². The fourth-order valence-corrected chi connectivity index (χ4v) is 3.81. The highest BCUT2D eigenvalue weighted by Gasteiger charge is 2.28. The second-order valence-corrected chi connectivity index (χ2v) is 6.93. The monoisotopic (exact) mass is 266 g/mol. The standard InChI is InChI=1S/C16H30N2O/c1-4-14-5-7-15(8-6-14)17-16(19)18-10-12(2)9-13(3)11-18/h12-15H,4-11H2,1-3H3,(H,17,19)/t12-,13-,14?,15?/m1/s1. The molecular formula is C16H30N2O. The Morgan fingerprint density at radius 2 is 1.68 bits per heavy atom. The summed E-state index contributed by atoms with van der Waals surface area (Å²) in [5, 5.41) is 3.26. The van der Waals surface area contributed by atoms with E-state index in [-0.39, 0.29) is 6.03 Å². The van der Waals surface area contributed by atoms with Crippen molar-refractivity contribution in [2.75, 3.05) is 13.1 Å². The van der Waals surface area contributed by atoms with Gasteiger partial charge in [0.2, 0.25) is 0 Å². The molecule has 3 heteroatoms. The van der Waals surface area contributed by atoms with Crippen molar-refractivity contribution < 1.29 is 4.79 Å². The summed E-state index contributed by atoms with van der Waals surface area (Å²) in [5.41, 5.74) is 0. The van der Waals surface area contributed by atoms with E-state index >= 15 is 0 Å². The molecule has 2 atom stereocenters. The molecule has 1 aliphatic carbocycles. The third kappa shape index (κ3) is 4.12. The molecule has 19 heavy (non-hydrogen) atoms. The number of piperidine rings is 1. The Morgan fingerprint density at radius 1 is 1.11 bits per heavy atom. The molecule has 1 aliphatic heterocycles. The lowest BCUT2D eigenvalue weighted by molar-refractivity contribution is 0.140. The maximum atomic E-state index is 12.3. The summed E-state index contributed by atoms with van der Waals surface area (Å²) in [5.74, 6) is 2.18. The predicted octanol–water partition coefficient (Wildman–Crippen LogP) is 3.64. The van der Waals surface area contributed by atoms with E-state index in [9.17, 15) is 4.79 Å². The van der Waals surface area contributed by atoms with Crippen LogP contribution < -0.4 is 5.32 Å². The number of hydrogen-bond acceptors (Lipinski definition) is 1. The van der Waals surface area contributed by atoms with Crippen molar-refractivity contribution >= 4 is 6.03 Å². The topological polar surface area (TPSA) is 32.3 Å². The first kappa shape index (κ1) is 14.7. The number of hydrogen-bond donors (Lipinski definition) is 1. The summed E-state index contributed by atoms with van der Waals surface area (Å²) >= 11 is 0. The summed E-state index contributed by atoms with van der Waals surface area (Å²) in [4.78, 5) is 14.4. The summed E-state index contributed by atoms with van der Waals surface area (Å²) in [6.45, 7) is 8.64. The number of nitrogens with zero attached hydrogens (tertiary/aromatic N) is 1. The van der Waals surface area contributed by atoms with Crippen LogP contribution in [0.3, 0.4) is 0 Å². The van der Waals surface area contributed by atoms with Crippen molar-refractivity contribution in [3.05, 3.63) is 0 Å². The van der Waals surface area contributed by atoms with Crippen LogP contribution in [0.5, 0.6) is 0 Å². The Kier molecular flexibility index (Phi) is 5.12. The average Bonchev–Trinajstić information content (AvgIpc) is 2.38. The highest BCUT2D eigenvalue weighted by molar-refractivity contribution is 5.74. The second-order valence-electron chi connectivity index (χ2n) is 6.93. The minimum Gasteiger partial charge on any atom is -0.335 e. The van der Waals surface area contributed by atoms with Gasteiger partial charge in [-0.05, 0) is 49.9 Å². The molecule has 0 aromatic rings. The van der Waals surface area contributed by atoms with Crippen molar-refractivity contribution in [1.29, 1.82) is 0 Å². The minimum absolute atomic E-state index is 0.179. The fraction of sp³-hybridized carbons (Fsp3) is 0.938. The van der Waals surface area contributed by atoms with E-state index in [4.69, 9.17) is 0 Å². The molecule has 1 saturated carbocycles. The Labute approximate surface area is 118 Å². The predicted molar refractivity (Wildman–Crippen MR) is 79.1 cm³/mol. The minimum atomic E-state index is 0.179. The fourth-order valence-electron chi connectivity index (χ4n) is 3.81. The van der Waals surface area contributed by atoms with Crippen LogP contribution in [0.25, 0.3) is 0 Å². The maximum absolute atomic E-state index is 12.3. The third-order valence-corrected chi connectivity index (χ3v) is 4.91. The van der Waals surface area contributed by atoms with E-state index < -0.39 is 0 Å². The van der Waals surface area contributed by atoms with Crippen LogP contribution >= 0.6 is 0 Å². The number of urea groups is 1. The van der Waals surface area contributed by atoms with Crippen LogP contribution in [0.15, 0.2) is 0 Å². The second kappa shape index (κ2) is 6.62. The van der Waals surface area contributed by atoms with Crippen LogP contribution in [0.4, 0.5) is 4.79 Å². The van der Waals surface area contributed by atoms with E-state index in [1.165, 1.54) is 38.5 Å². The molecule has 2 amide bonds. The molecule has 1 saturated heterocycles. The SMILES string of the molecule is CCC1CCC(NC(=O)N2C[C@H](C)C[C@@H](C)C2)CC1. The summed E-state index contributed by atoms with van der Waals surface area (Å²) < 4.78 is 0. The van der Waals surface area contributed by atoms with Crippen LogP contribution in [-0.4, -0.2) is 30.1 Å². The molecule has 1 heterocycles. The number of carbonyl (C=O) groups is 1. The first-order valence-electron chi connectivity index (χ1n) is 8.13. The van der Waals surface area contributed by atoms with Crippen LogP contribution in [0.1, 0.15) is 59.3 Å². The largest absolute Gasteiger partial charge is 0.335 e. The van der Waals surface area contributed by atoms with Crippen molar-refractivity contribution in [2.24, 2.45) is 17.8 Å². The zero-order valence-electron chi connectivity index (χ0n) is 12.8. The van der Waals surface area contributed by atoms with Crippen LogP contribution in [-0.2, 0) is 0 Å². The number of rotatable bonds is 2. The number of carbonyl (C=O) groups excluding carboxylic acids is 1. The van der Waals surface area contributed by atoms with Gasteiger partial charge in [-0.15, -0.1) is 0 Å². The van der Waals surface area contributed by atoms with Crippen molar-refractivity contribution in [3.8, 4) is 0 Å². The lowest BCUT2D eigenvalue weighted by atomic mass is 9.84. The third-order valence-electron chi connectivity index (χ3n) is 4.91. The molecule has 0 spiro atoms. The molecular weight excluding hydrogens is 236 g/mol. The first-order valence-corrected chi connectivity index (χ1v) is 8.13. The van der Waals surface area contributed by atoms with Gasteiger partial charge in [0.25, 0.3) is 0 Å². The van der Waals surface area contributed by atoms with Gasteiger partial charge in [0, 0.05) is 19.1 Å². The Morgan fingerprint density at radius 3 is 2.21 bits per heavy atom. The molecule has 2 rings (SSSR count). The Hall–Kier alpha value is -0.730. The van der Waals surface area contributed by atoms with E-state index in [1.807, 2.05) is 4.90 Å². The Balaban J connectivity index is 1.78. The molecule has 0 radical (unpaired) electrons. The van der Waals surface area contributed by atoms with Crippen LogP contribution in [0, 0.1) is 17.8 Å². The maximum Gasteiger partial charge on any atom is 0.317 e. The molecule has 1 N–H and O–H groups in total. The van der Waals surface area contributed by atoms with Crippen molar-refractivity contribution in [1.82, 2.24) is 10.2 Å². The molecule has 2 aliphatic rings. The average molecular weight is 266 g/mol. The Bertz CT molecular complexity index is 287. The van der Waals surface area contributed by atoms with E-state index in [0.717, 1.165) is 19.0 Å².